The van der Waals surface area contributed by atoms with Gasteiger partial charge >= 0.3 is 0 Å². The van der Waals surface area contributed by atoms with Gasteiger partial charge in [0.1, 0.15) is 0 Å². The van der Waals surface area contributed by atoms with Crippen molar-refractivity contribution in [2.75, 3.05) is 33.7 Å². The molecule has 0 atom stereocenters. The molecule has 0 aliphatic heterocycles. The molecule has 2 rings (SSSR count). The second-order valence-electron chi connectivity index (χ2n) is 7.81. The summed E-state index contributed by atoms with van der Waals surface area (Å²) in [7, 11) is 4.05. The first-order chi connectivity index (χ1) is 11.8. The van der Waals surface area contributed by atoms with Crippen LogP contribution >= 0.6 is 0 Å². The Labute approximate surface area is 150 Å². The Morgan fingerprint density at radius 3 is 2.44 bits per heavy atom. The fourth-order valence-electron chi connectivity index (χ4n) is 2.79. The third kappa shape index (κ3) is 5.26. The molecule has 2 aromatic heterocycles. The highest BCUT2D eigenvalue weighted by atomic mass is 16.2. The molecule has 0 unspecified atom stereocenters. The number of fused-ring (bicyclic) bond motifs is 1. The number of nitrogens with zero attached hydrogens (tertiary/aromatic N) is 5. The molecule has 0 fully saturated rings. The van der Waals surface area contributed by atoms with Crippen molar-refractivity contribution in [1.82, 2.24) is 24.6 Å². The molecule has 138 valence electrons. The molecule has 0 bridgehead atoms. The predicted molar refractivity (Wildman–Crippen MR) is 102 cm³/mol. The number of amides is 1. The van der Waals surface area contributed by atoms with Crippen molar-refractivity contribution in [2.24, 2.45) is 11.8 Å². The number of carbonyl (C=O) groups is 1. The normalized spacial score (nSPS) is 11.9. The van der Waals surface area contributed by atoms with Crippen LogP contribution in [-0.2, 0) is 6.54 Å². The highest BCUT2D eigenvalue weighted by Gasteiger charge is 2.18. The highest BCUT2D eigenvalue weighted by Crippen LogP contribution is 2.16. The minimum absolute atomic E-state index is 0.0431. The Kier molecular flexibility index (Phi) is 6.53. The van der Waals surface area contributed by atoms with Crippen LogP contribution in [-0.4, -0.2) is 64.2 Å². The van der Waals surface area contributed by atoms with E-state index in [1.54, 1.807) is 12.4 Å². The van der Waals surface area contributed by atoms with Crippen LogP contribution in [0.3, 0.4) is 0 Å². The molecule has 0 aliphatic rings. The smallest absolute Gasteiger partial charge is 0.255 e. The van der Waals surface area contributed by atoms with E-state index in [4.69, 9.17) is 0 Å². The molecule has 6 heteroatoms. The maximum absolute atomic E-state index is 13.0. The molecule has 6 nitrogen and oxygen atoms in total. The fraction of sp³-hybridized carbons (Fsp3) is 0.632. The van der Waals surface area contributed by atoms with Gasteiger partial charge in [-0.15, -0.1) is 0 Å². The van der Waals surface area contributed by atoms with Crippen molar-refractivity contribution in [3.8, 4) is 0 Å². The molecule has 0 spiro atoms. The summed E-state index contributed by atoms with van der Waals surface area (Å²) < 4.78 is 1.91. The summed E-state index contributed by atoms with van der Waals surface area (Å²) in [6.45, 7) is 11.7. The molecule has 0 aromatic carbocycles. The maximum Gasteiger partial charge on any atom is 0.255 e. The summed E-state index contributed by atoms with van der Waals surface area (Å²) in [6.07, 6.45) is 3.49. The predicted octanol–water partition coefficient (Wildman–Crippen LogP) is 2.75. The average molecular weight is 345 g/mol. The zero-order chi connectivity index (χ0) is 18.6. The van der Waals surface area contributed by atoms with E-state index in [2.05, 4.69) is 42.7 Å². The number of rotatable bonds is 8. The van der Waals surface area contributed by atoms with E-state index < -0.39 is 0 Å². The topological polar surface area (TPSA) is 54.3 Å². The summed E-state index contributed by atoms with van der Waals surface area (Å²) in [5.74, 6) is 0.969. The van der Waals surface area contributed by atoms with Crippen molar-refractivity contribution in [1.29, 1.82) is 0 Å². The van der Waals surface area contributed by atoms with Crippen LogP contribution in [0.1, 0.15) is 38.1 Å². The number of hydrogen-bond acceptors (Lipinski definition) is 4. The highest BCUT2D eigenvalue weighted by molar-refractivity contribution is 5.96. The molecule has 25 heavy (non-hydrogen) atoms. The van der Waals surface area contributed by atoms with Gasteiger partial charge in [-0.05, 0) is 32.0 Å². The lowest BCUT2D eigenvalue weighted by Gasteiger charge is -2.26. The van der Waals surface area contributed by atoms with Crippen molar-refractivity contribution >= 4 is 16.9 Å². The quantitative estimate of drug-likeness (QED) is 0.738. The van der Waals surface area contributed by atoms with E-state index in [1.807, 2.05) is 29.7 Å². The van der Waals surface area contributed by atoms with Gasteiger partial charge in [0.15, 0.2) is 5.65 Å². The van der Waals surface area contributed by atoms with Gasteiger partial charge in [0.25, 0.3) is 5.91 Å². The lowest BCUT2D eigenvalue weighted by Crippen LogP contribution is -2.39. The summed E-state index contributed by atoms with van der Waals surface area (Å²) in [6, 6.07) is 1.91. The molecule has 0 N–H and O–H groups in total. The van der Waals surface area contributed by atoms with Crippen LogP contribution in [0.25, 0.3) is 11.0 Å². The molecular weight excluding hydrogens is 314 g/mol. The molecule has 1 amide bonds. The monoisotopic (exact) mass is 345 g/mol. The van der Waals surface area contributed by atoms with Crippen LogP contribution in [0.15, 0.2) is 18.5 Å². The average Bonchev–Trinajstić information content (AvgIpc) is 2.91. The van der Waals surface area contributed by atoms with Crippen LogP contribution in [0, 0.1) is 11.8 Å². The van der Waals surface area contributed by atoms with Gasteiger partial charge < -0.3 is 9.80 Å². The summed E-state index contributed by atoms with van der Waals surface area (Å²) in [5, 5.41) is 5.33. The van der Waals surface area contributed by atoms with Crippen LogP contribution < -0.4 is 0 Å². The Hall–Kier alpha value is -1.95. The summed E-state index contributed by atoms with van der Waals surface area (Å²) >= 11 is 0. The number of aromatic nitrogens is 3. The van der Waals surface area contributed by atoms with Crippen LogP contribution in [0.2, 0.25) is 0 Å². The van der Waals surface area contributed by atoms with E-state index in [0.717, 1.165) is 30.7 Å². The number of pyridine rings is 1. The zero-order valence-corrected chi connectivity index (χ0v) is 16.4. The van der Waals surface area contributed by atoms with E-state index in [1.165, 1.54) is 0 Å². The van der Waals surface area contributed by atoms with E-state index in [9.17, 15) is 4.79 Å². The Balaban J connectivity index is 2.23. The van der Waals surface area contributed by atoms with Crippen molar-refractivity contribution in [3.63, 3.8) is 0 Å². The Morgan fingerprint density at radius 2 is 1.84 bits per heavy atom. The molecule has 2 heterocycles. The lowest BCUT2D eigenvalue weighted by atomic mass is 10.1. The first-order valence-corrected chi connectivity index (χ1v) is 9.03. The minimum Gasteiger partial charge on any atom is -0.337 e. The molecule has 2 aromatic rings. The molecule has 0 aliphatic carbocycles. The van der Waals surface area contributed by atoms with Gasteiger partial charge in [-0.2, -0.15) is 5.10 Å². The molecule has 0 radical (unpaired) electrons. The standard InChI is InChI=1S/C19H31N5O/c1-14(2)12-23(8-7-22(5)6)19(25)17-9-16-11-21-24(13-15(3)4)18(16)20-10-17/h9-11,14-15H,7-8,12-13H2,1-6H3. The number of carbonyl (C=O) groups excluding carboxylic acids is 1. The van der Waals surface area contributed by atoms with Gasteiger partial charge in [-0.25, -0.2) is 9.67 Å². The first kappa shape index (κ1) is 19.4. The van der Waals surface area contributed by atoms with Crippen LogP contribution in [0.4, 0.5) is 0 Å². The largest absolute Gasteiger partial charge is 0.337 e. The van der Waals surface area contributed by atoms with Gasteiger partial charge in [-0.1, -0.05) is 27.7 Å². The van der Waals surface area contributed by atoms with E-state index >= 15 is 0 Å². The second kappa shape index (κ2) is 8.43. The van der Waals surface area contributed by atoms with Gasteiger partial charge in [0.2, 0.25) is 0 Å². The third-order valence-electron chi connectivity index (χ3n) is 3.95. The van der Waals surface area contributed by atoms with Crippen LogP contribution in [0.5, 0.6) is 0 Å². The summed E-state index contributed by atoms with van der Waals surface area (Å²) in [4.78, 5) is 21.5. The number of hydrogen-bond donors (Lipinski definition) is 0. The van der Waals surface area contributed by atoms with Crippen molar-refractivity contribution in [3.05, 3.63) is 24.0 Å². The van der Waals surface area contributed by atoms with Gasteiger partial charge in [0.05, 0.1) is 11.8 Å². The minimum atomic E-state index is 0.0431. The SMILES string of the molecule is CC(C)CN(CCN(C)C)C(=O)c1cnc2c(cnn2CC(C)C)c1. The Morgan fingerprint density at radius 1 is 1.12 bits per heavy atom. The van der Waals surface area contributed by atoms with E-state index in [-0.39, 0.29) is 5.91 Å². The lowest BCUT2D eigenvalue weighted by molar-refractivity contribution is 0.0724. The fourth-order valence-corrected chi connectivity index (χ4v) is 2.79. The van der Waals surface area contributed by atoms with Crippen molar-refractivity contribution < 1.29 is 4.79 Å². The second-order valence-corrected chi connectivity index (χ2v) is 7.81. The molecule has 0 saturated heterocycles. The maximum atomic E-state index is 13.0. The van der Waals surface area contributed by atoms with E-state index in [0.29, 0.717) is 23.9 Å². The van der Waals surface area contributed by atoms with Gasteiger partial charge in [0, 0.05) is 37.8 Å². The Bertz CT molecular complexity index is 705. The zero-order valence-electron chi connectivity index (χ0n) is 16.4. The third-order valence-corrected chi connectivity index (χ3v) is 3.95. The van der Waals surface area contributed by atoms with Crippen molar-refractivity contribution in [2.45, 2.75) is 34.2 Å². The first-order valence-electron chi connectivity index (χ1n) is 9.03. The summed E-state index contributed by atoms with van der Waals surface area (Å²) in [5.41, 5.74) is 1.48. The number of likely N-dealkylation sites (N-methyl/N-ethyl adjacent to an activating group) is 1. The van der Waals surface area contributed by atoms with Gasteiger partial charge in [-0.3, -0.25) is 4.79 Å². The molecule has 0 saturated carbocycles. The molecular formula is C19H31N5O.